The summed E-state index contributed by atoms with van der Waals surface area (Å²) in [5, 5.41) is 69.2. The van der Waals surface area contributed by atoms with Gasteiger partial charge in [0.05, 0.1) is 55.1 Å². The summed E-state index contributed by atoms with van der Waals surface area (Å²) in [5.74, 6) is -2.37. The van der Waals surface area contributed by atoms with Gasteiger partial charge in [-0.15, -0.1) is 20.5 Å². The largest absolute Gasteiger partial charge is 0.744 e. The molecule has 420 valence electrons. The molecule has 0 amide bonds. The first-order valence-corrected chi connectivity index (χ1v) is 28.1. The first kappa shape index (κ1) is 60.4. The van der Waals surface area contributed by atoms with Gasteiger partial charge in [0.15, 0.2) is 5.75 Å². The van der Waals surface area contributed by atoms with E-state index in [2.05, 4.69) is 61.0 Å². The zero-order valence-electron chi connectivity index (χ0n) is 40.2. The lowest BCUT2D eigenvalue weighted by Gasteiger charge is -2.25. The highest BCUT2D eigenvalue weighted by Gasteiger charge is 2.26. The predicted molar refractivity (Wildman–Crippen MR) is 271 cm³/mol. The maximum atomic E-state index is 12.7. The average Bonchev–Trinajstić information content (AvgIpc) is 3.43. The fourth-order valence-electron chi connectivity index (χ4n) is 7.15. The molecule has 78 heavy (non-hydrogen) atoms. The van der Waals surface area contributed by atoms with Gasteiger partial charge >= 0.3 is 0 Å². The van der Waals surface area contributed by atoms with Gasteiger partial charge in [-0.05, 0) is 105 Å². The minimum atomic E-state index is -5.82. The van der Waals surface area contributed by atoms with Gasteiger partial charge in [-0.2, -0.15) is 29.9 Å². The van der Waals surface area contributed by atoms with Crippen molar-refractivity contribution in [3.05, 3.63) is 59.1 Å². The van der Waals surface area contributed by atoms with Crippen molar-refractivity contribution in [1.29, 1.82) is 0 Å². The normalized spacial score (nSPS) is 14.2. The van der Waals surface area contributed by atoms with Crippen LogP contribution in [-0.2, 0) is 40.5 Å². The number of nitrogens with zero attached hydrogens (tertiary/aromatic N) is 12. The van der Waals surface area contributed by atoms with E-state index in [0.29, 0.717) is 18.2 Å². The summed E-state index contributed by atoms with van der Waals surface area (Å²) < 4.78 is 151. The zero-order chi connectivity index (χ0) is 58.0. The number of fused-ring (bicyclic) bond motifs is 1. The number of phenols is 1. The quantitative estimate of drug-likeness (QED) is 0.0275. The fraction of sp³-hybridized carbons (Fsp3) is 0.300. The Kier molecular flexibility index (Phi) is 18.3. The maximum absolute atomic E-state index is 12.7. The summed E-state index contributed by atoms with van der Waals surface area (Å²) in [6.07, 6.45) is -3.79. The Labute approximate surface area is 452 Å². The third kappa shape index (κ3) is 15.3. The van der Waals surface area contributed by atoms with E-state index in [4.69, 9.17) is 28.9 Å². The molecule has 2 aromatic heterocycles. The van der Waals surface area contributed by atoms with Crippen molar-refractivity contribution in [2.24, 2.45) is 20.5 Å². The average molecular weight is 1200 g/mol. The van der Waals surface area contributed by atoms with Crippen molar-refractivity contribution in [2.45, 2.75) is 71.7 Å². The van der Waals surface area contributed by atoms with Gasteiger partial charge in [-0.1, -0.05) is 0 Å². The number of phenolic OH excluding ortho intramolecular Hbond substituents is 1. The molecule has 0 aliphatic heterocycles. The van der Waals surface area contributed by atoms with Crippen molar-refractivity contribution in [2.75, 3.05) is 52.3 Å². The van der Waals surface area contributed by atoms with Gasteiger partial charge in [0.2, 0.25) is 34.4 Å². The highest BCUT2D eigenvalue weighted by molar-refractivity contribution is 7.86. The lowest BCUT2D eigenvalue weighted by molar-refractivity contribution is 0.176. The van der Waals surface area contributed by atoms with Crippen LogP contribution in [0.15, 0.2) is 88.6 Å². The number of benzene rings is 4. The van der Waals surface area contributed by atoms with E-state index in [1.54, 1.807) is 0 Å². The molecule has 6 rings (SSSR count). The van der Waals surface area contributed by atoms with Gasteiger partial charge in [-0.3, -0.25) is 0 Å². The van der Waals surface area contributed by atoms with Crippen LogP contribution < -0.4 is 26.2 Å². The van der Waals surface area contributed by atoms with Crippen LogP contribution in [0.4, 0.5) is 63.6 Å². The summed E-state index contributed by atoms with van der Waals surface area (Å²) in [7, 11) is -22.5. The van der Waals surface area contributed by atoms with Crippen LogP contribution in [-0.4, -0.2) is 158 Å². The molecule has 6 aromatic rings. The van der Waals surface area contributed by atoms with E-state index >= 15 is 0 Å². The van der Waals surface area contributed by atoms with Crippen LogP contribution in [0.2, 0.25) is 10.6 Å². The Hall–Kier alpha value is -6.78. The monoisotopic (exact) mass is 1200 g/mol. The van der Waals surface area contributed by atoms with E-state index in [1.165, 1.54) is 37.5 Å². The number of halogens is 2. The maximum Gasteiger partial charge on any atom is 0.233 e. The molecule has 0 radical (unpaired) electrons. The summed E-state index contributed by atoms with van der Waals surface area (Å²) in [5.41, 5.74) is 0.656. The van der Waals surface area contributed by atoms with E-state index < -0.39 is 140 Å². The second-order valence-corrected chi connectivity index (χ2v) is 22.9. The molecule has 0 aliphatic rings. The lowest BCUT2D eigenvalue weighted by atomic mass is 10.1. The smallest absolute Gasteiger partial charge is 0.233 e. The minimum Gasteiger partial charge on any atom is -0.744 e. The van der Waals surface area contributed by atoms with Crippen LogP contribution in [0, 0.1) is 0 Å². The molecule has 0 saturated heterocycles. The number of rotatable bonds is 22. The zero-order valence-corrected chi connectivity index (χ0v) is 45.0. The van der Waals surface area contributed by atoms with Gasteiger partial charge < -0.3 is 69.9 Å². The third-order valence-electron chi connectivity index (χ3n) is 10.0. The molecular formula is C40H41Cl2N15O17S4-4. The predicted octanol–water partition coefficient (Wildman–Crippen LogP) is 2.87. The fourth-order valence-corrected chi connectivity index (χ4v) is 9.95. The first-order valence-electron chi connectivity index (χ1n) is 21.8. The molecule has 0 aliphatic carbocycles. The molecule has 0 spiro atoms. The highest BCUT2D eigenvalue weighted by Crippen LogP contribution is 2.49. The van der Waals surface area contributed by atoms with Crippen molar-refractivity contribution >= 4 is 138 Å². The van der Waals surface area contributed by atoms with Gasteiger partial charge in [0, 0.05) is 37.6 Å². The Morgan fingerprint density at radius 3 is 1.23 bits per heavy atom. The van der Waals surface area contributed by atoms with Crippen molar-refractivity contribution in [3.63, 3.8) is 0 Å². The molecule has 9 N–H and O–H groups in total. The van der Waals surface area contributed by atoms with Crippen LogP contribution in [0.25, 0.3) is 10.8 Å². The number of hydrogen-bond donors (Lipinski definition) is 8. The van der Waals surface area contributed by atoms with Crippen LogP contribution in [0.5, 0.6) is 5.75 Å². The van der Waals surface area contributed by atoms with Gasteiger partial charge in [0.25, 0.3) is 0 Å². The van der Waals surface area contributed by atoms with Crippen molar-refractivity contribution in [1.82, 2.24) is 29.9 Å². The van der Waals surface area contributed by atoms with Crippen molar-refractivity contribution in [3.8, 4) is 5.75 Å². The summed E-state index contributed by atoms with van der Waals surface area (Å²) in [6.45, 7) is 5.44. The number of anilines is 7. The van der Waals surface area contributed by atoms with E-state index in [-0.39, 0.29) is 61.3 Å². The van der Waals surface area contributed by atoms with E-state index in [9.17, 15) is 77.4 Å². The summed E-state index contributed by atoms with van der Waals surface area (Å²) >= 11 is 12.3. The molecule has 2 heterocycles. The molecule has 0 saturated carbocycles. The Balaban J connectivity index is 1.48. The topological polar surface area (TPSA) is 513 Å². The van der Waals surface area contributed by atoms with Gasteiger partial charge in [-0.25, -0.2) is 33.7 Å². The second-order valence-electron chi connectivity index (χ2n) is 16.8. The van der Waals surface area contributed by atoms with Crippen LogP contribution in [0.1, 0.15) is 27.7 Å². The molecule has 4 aromatic carbocycles. The Bertz CT molecular complexity index is 3560. The number of aromatic nitrogens is 6. The number of nitrogen functional groups attached to an aromatic ring is 1. The molecular weight excluding hydrogens is 1160 g/mol. The first-order chi connectivity index (χ1) is 36.1. The highest BCUT2D eigenvalue weighted by atomic mass is 35.5. The number of azo groups is 2. The van der Waals surface area contributed by atoms with Crippen LogP contribution >= 0.6 is 23.2 Å². The molecule has 4 unspecified atom stereocenters. The Morgan fingerprint density at radius 1 is 0.538 bits per heavy atom. The third-order valence-corrected chi connectivity index (χ3v) is 13.8. The number of nitrogens with one attached hydrogen (secondary N) is 2. The van der Waals surface area contributed by atoms with Crippen molar-refractivity contribution < 1.29 is 77.4 Å². The summed E-state index contributed by atoms with van der Waals surface area (Å²) in [4.78, 5) is 21.9. The number of aliphatic hydroxyl groups is 4. The minimum absolute atomic E-state index is 0.0853. The SMILES string of the molecule is CC(O)CN(CC(C)O)c1nc(Cl)nc(Nc2ccc(S(=O)(=O)[O-])c(N=Nc3c(S(=O)(=O)[O-])cc4cc(S(=O)(=O)[O-])c(N=Nc5cc(Nc6nc(Cl)nc(N(CC(C)O)CC(C)O)n6)ccc5S(=O)(=O)[O-])c(O)c4c3N)c2)n1. The number of aliphatic hydroxyl groups excluding tert-OH is 4. The summed E-state index contributed by atoms with van der Waals surface area (Å²) in [6, 6.07) is 5.95. The Morgan fingerprint density at radius 2 is 0.885 bits per heavy atom. The number of hydrogen-bond acceptors (Lipinski definition) is 32. The van der Waals surface area contributed by atoms with E-state index in [1.807, 2.05) is 0 Å². The lowest BCUT2D eigenvalue weighted by Crippen LogP contribution is -2.37. The number of nitrogens with two attached hydrogens (primary N) is 1. The molecule has 0 bridgehead atoms. The molecule has 4 atom stereocenters. The number of aromatic hydroxyl groups is 1. The van der Waals surface area contributed by atoms with Crippen LogP contribution in [0.3, 0.4) is 0 Å². The standard InChI is InChI=1S/C40H45Cl2N15O17S4/c1-17(58)13-56(14-18(2)59)39-48-35(41)46-37(50-39)44-22-5-7-26(75(63,64)65)24(11-22)52-54-32-28(77(69,70)71)9-21-10-29(78(72,73)74)33(34(62)30(21)31(32)43)55-53-25-12-23(6-8-27(25)76(66,67)68)45-38-47-36(42)49-40(51-38)57(15-19(3)60)16-20(4)61/h5-12,17-20,58-62H,13-16,43H2,1-4H3,(H,63,64,65)(H,66,67,68)(H,69,70,71)(H,72,73,74)(H,44,46,48,50)(H,45,47,49,51)/p-4. The molecule has 38 heteroatoms. The molecule has 0 fully saturated rings. The van der Waals surface area contributed by atoms with E-state index in [0.717, 1.165) is 30.3 Å². The molecule has 32 nitrogen and oxygen atoms in total. The second kappa shape index (κ2) is 23.7. The van der Waals surface area contributed by atoms with Gasteiger partial charge in [0.1, 0.15) is 63.2 Å².